The van der Waals surface area contributed by atoms with Crippen LogP contribution in [0.1, 0.15) is 0 Å². The van der Waals surface area contributed by atoms with Crippen molar-refractivity contribution in [2.75, 3.05) is 0 Å². The number of fused-ring (bicyclic) bond motifs is 1. The number of carbonyl (C=O) groups is 2. The van der Waals surface area contributed by atoms with E-state index < -0.39 is 22.9 Å². The van der Waals surface area contributed by atoms with Gasteiger partial charge in [-0.2, -0.15) is 4.99 Å². The number of esters is 1. The van der Waals surface area contributed by atoms with Crippen LogP contribution in [-0.4, -0.2) is 22.7 Å². The minimum absolute atomic E-state index is 0.0467. The Morgan fingerprint density at radius 1 is 1.47 bits per heavy atom. The third-order valence-corrected chi connectivity index (χ3v) is 1.98. The van der Waals surface area contributed by atoms with Crippen molar-refractivity contribution in [1.82, 2.24) is 0 Å². The van der Waals surface area contributed by atoms with Gasteiger partial charge < -0.3 is 4.74 Å². The van der Waals surface area contributed by atoms with Crippen LogP contribution in [0.3, 0.4) is 0 Å². The third kappa shape index (κ3) is 1.43. The summed E-state index contributed by atoms with van der Waals surface area (Å²) in [5.74, 6) is -2.15. The van der Waals surface area contributed by atoms with E-state index in [0.717, 1.165) is 0 Å². The number of carbonyl (C=O) groups excluding carboxylic acids is 2. The van der Waals surface area contributed by atoms with Gasteiger partial charge in [0.2, 0.25) is 0 Å². The first kappa shape index (κ1) is 9.25. The van der Waals surface area contributed by atoms with Gasteiger partial charge in [0.1, 0.15) is 0 Å². The summed E-state index contributed by atoms with van der Waals surface area (Å²) < 4.78 is 4.19. The van der Waals surface area contributed by atoms with E-state index in [1.54, 1.807) is 0 Å². The minimum Gasteiger partial charge on any atom is -0.374 e. The molecule has 0 spiro atoms. The lowest BCUT2D eigenvalue weighted by Gasteiger charge is -2.18. The summed E-state index contributed by atoms with van der Waals surface area (Å²) in [5, 5.41) is 10.6. The summed E-state index contributed by atoms with van der Waals surface area (Å²) in [7, 11) is 0. The van der Waals surface area contributed by atoms with Gasteiger partial charge in [0.25, 0.3) is 5.70 Å². The first-order chi connectivity index (χ1) is 7.09. The summed E-state index contributed by atoms with van der Waals surface area (Å²) >= 11 is 0. The Morgan fingerprint density at radius 3 is 2.87 bits per heavy atom. The van der Waals surface area contributed by atoms with Gasteiger partial charge in [-0.1, -0.05) is 6.08 Å². The number of cyclic esters (lactones) is 2. The first-order valence-electron chi connectivity index (χ1n) is 3.96. The molecule has 1 atom stereocenters. The molecule has 0 radical (unpaired) electrons. The number of allylic oxidation sites excluding steroid dienone is 3. The van der Waals surface area contributed by atoms with Gasteiger partial charge in [0, 0.05) is 6.08 Å². The molecule has 2 aliphatic rings. The molecule has 0 aromatic rings. The Hall–Kier alpha value is -2.31. The standard InChI is InChI=1S/C8H4N2O5/c11-7-6-4(9-8(12)15-7)2-1-3-5(6)10(13)14/h1-3,6H. The number of nitro groups is 1. The van der Waals surface area contributed by atoms with Gasteiger partial charge in [-0.05, 0) is 6.08 Å². The van der Waals surface area contributed by atoms with E-state index in [1.165, 1.54) is 18.2 Å². The van der Waals surface area contributed by atoms with Gasteiger partial charge in [-0.25, -0.2) is 4.79 Å². The van der Waals surface area contributed by atoms with Crippen LogP contribution in [0.15, 0.2) is 28.9 Å². The first-order valence-corrected chi connectivity index (χ1v) is 3.96. The number of amides is 1. The highest BCUT2D eigenvalue weighted by Crippen LogP contribution is 2.24. The molecule has 0 saturated carbocycles. The number of ether oxygens (including phenoxy) is 1. The molecule has 1 aliphatic carbocycles. The van der Waals surface area contributed by atoms with Crippen molar-refractivity contribution in [2.45, 2.75) is 0 Å². The normalized spacial score (nSPS) is 23.9. The van der Waals surface area contributed by atoms with Crippen LogP contribution in [0.2, 0.25) is 0 Å². The fourth-order valence-corrected chi connectivity index (χ4v) is 1.37. The van der Waals surface area contributed by atoms with E-state index in [0.29, 0.717) is 0 Å². The zero-order valence-corrected chi connectivity index (χ0v) is 7.25. The maximum Gasteiger partial charge on any atom is 0.441 e. The molecule has 0 aromatic carbocycles. The monoisotopic (exact) mass is 208 g/mol. The highest BCUT2D eigenvalue weighted by atomic mass is 16.6. The average molecular weight is 208 g/mol. The van der Waals surface area contributed by atoms with Gasteiger partial charge in [-0.3, -0.25) is 14.9 Å². The molecule has 15 heavy (non-hydrogen) atoms. The molecule has 76 valence electrons. The third-order valence-electron chi connectivity index (χ3n) is 1.98. The molecule has 0 saturated heterocycles. The second-order valence-corrected chi connectivity index (χ2v) is 2.86. The smallest absolute Gasteiger partial charge is 0.374 e. The van der Waals surface area contributed by atoms with Crippen molar-refractivity contribution >= 4 is 17.8 Å². The van der Waals surface area contributed by atoms with Crippen LogP contribution in [0.25, 0.3) is 0 Å². The Kier molecular flexibility index (Phi) is 1.93. The van der Waals surface area contributed by atoms with Crippen molar-refractivity contribution in [2.24, 2.45) is 10.9 Å². The number of hydrogen-bond acceptors (Lipinski definition) is 5. The molecule has 2 rings (SSSR count). The summed E-state index contributed by atoms with van der Waals surface area (Å²) in [6.07, 6.45) is 2.87. The molecule has 7 nitrogen and oxygen atoms in total. The molecule has 0 fully saturated rings. The van der Waals surface area contributed by atoms with E-state index >= 15 is 0 Å². The molecule has 0 bridgehead atoms. The maximum atomic E-state index is 11.3. The molecule has 1 unspecified atom stereocenters. The Morgan fingerprint density at radius 2 is 2.20 bits per heavy atom. The van der Waals surface area contributed by atoms with Gasteiger partial charge in [0.05, 0.1) is 10.6 Å². The number of rotatable bonds is 1. The SMILES string of the molecule is O=C1N=C2C=CC=C([N+](=O)[O-])C2C(=O)O1. The predicted octanol–water partition coefficient (Wildman–Crippen LogP) is 0.451. The van der Waals surface area contributed by atoms with Crippen molar-refractivity contribution in [3.63, 3.8) is 0 Å². The van der Waals surface area contributed by atoms with Crippen LogP contribution in [0.4, 0.5) is 4.79 Å². The van der Waals surface area contributed by atoms with E-state index in [9.17, 15) is 19.7 Å². The number of nitrogens with zero attached hydrogens (tertiary/aromatic N) is 2. The van der Waals surface area contributed by atoms with Gasteiger partial charge in [-0.15, -0.1) is 0 Å². The number of hydrogen-bond donors (Lipinski definition) is 0. The quantitative estimate of drug-likeness (QED) is 0.269. The maximum absolute atomic E-state index is 11.3. The van der Waals surface area contributed by atoms with Crippen LogP contribution < -0.4 is 0 Å². The van der Waals surface area contributed by atoms with Crippen LogP contribution >= 0.6 is 0 Å². The minimum atomic E-state index is -1.19. The van der Waals surface area contributed by atoms with Crippen molar-refractivity contribution in [3.8, 4) is 0 Å². The number of aliphatic imine (C=N–C) groups is 1. The van der Waals surface area contributed by atoms with Crippen LogP contribution in [0, 0.1) is 16.0 Å². The van der Waals surface area contributed by atoms with Crippen LogP contribution in [0.5, 0.6) is 0 Å². The second-order valence-electron chi connectivity index (χ2n) is 2.86. The highest BCUT2D eigenvalue weighted by Gasteiger charge is 2.42. The van der Waals surface area contributed by atoms with Crippen molar-refractivity contribution in [3.05, 3.63) is 34.0 Å². The van der Waals surface area contributed by atoms with E-state index in [2.05, 4.69) is 9.73 Å². The zero-order valence-electron chi connectivity index (χ0n) is 7.25. The van der Waals surface area contributed by atoms with E-state index in [1.807, 2.05) is 0 Å². The van der Waals surface area contributed by atoms with E-state index in [-0.39, 0.29) is 11.4 Å². The highest BCUT2D eigenvalue weighted by molar-refractivity contribution is 6.18. The molecule has 7 heteroatoms. The Balaban J connectivity index is 2.49. The summed E-state index contributed by atoms with van der Waals surface area (Å²) in [6, 6.07) is 0. The fraction of sp³-hybridized carbons (Fsp3) is 0.125. The van der Waals surface area contributed by atoms with E-state index in [4.69, 9.17) is 0 Å². The molecule has 1 aliphatic heterocycles. The van der Waals surface area contributed by atoms with Crippen molar-refractivity contribution in [1.29, 1.82) is 0 Å². The summed E-state index contributed by atoms with van der Waals surface area (Å²) in [5.41, 5.74) is -0.292. The topological polar surface area (TPSA) is 98.9 Å². The molecular formula is C8H4N2O5. The Bertz CT molecular complexity index is 460. The molecule has 0 aromatic heterocycles. The fourth-order valence-electron chi connectivity index (χ4n) is 1.37. The summed E-state index contributed by atoms with van der Waals surface area (Å²) in [4.78, 5) is 35.3. The average Bonchev–Trinajstić information content (AvgIpc) is 2.16. The summed E-state index contributed by atoms with van der Waals surface area (Å²) in [6.45, 7) is 0. The molecule has 1 heterocycles. The molecular weight excluding hydrogens is 204 g/mol. The Labute approximate surface area is 82.9 Å². The second kappa shape index (κ2) is 3.12. The van der Waals surface area contributed by atoms with Gasteiger partial charge >= 0.3 is 12.1 Å². The molecule has 1 amide bonds. The lowest BCUT2D eigenvalue weighted by molar-refractivity contribution is -0.430. The predicted molar refractivity (Wildman–Crippen MR) is 46.6 cm³/mol. The van der Waals surface area contributed by atoms with Gasteiger partial charge in [0.15, 0.2) is 5.92 Å². The zero-order chi connectivity index (χ0) is 11.0. The lowest BCUT2D eigenvalue weighted by Crippen LogP contribution is -2.36. The lowest BCUT2D eigenvalue weighted by atomic mass is 9.94. The van der Waals surface area contributed by atoms with Crippen LogP contribution in [-0.2, 0) is 9.53 Å². The van der Waals surface area contributed by atoms with Crippen molar-refractivity contribution < 1.29 is 19.2 Å². The largest absolute Gasteiger partial charge is 0.441 e. The molecule has 0 N–H and O–H groups in total.